The lowest BCUT2D eigenvalue weighted by Gasteiger charge is -2.12. The average Bonchev–Trinajstić information content (AvgIpc) is 3.29. The molecule has 0 aliphatic heterocycles. The zero-order chi connectivity index (χ0) is 20.8. The summed E-state index contributed by atoms with van der Waals surface area (Å²) >= 11 is 0. The molecule has 4 rings (SSSR count). The van der Waals surface area contributed by atoms with Gasteiger partial charge in [-0.05, 0) is 18.6 Å². The van der Waals surface area contributed by atoms with Gasteiger partial charge in [0.15, 0.2) is 11.2 Å². The van der Waals surface area contributed by atoms with Crippen LogP contribution in [0.5, 0.6) is 0 Å². The Labute approximate surface area is 162 Å². The lowest BCUT2D eigenvalue weighted by Crippen LogP contribution is -2.23. The van der Waals surface area contributed by atoms with E-state index in [1.165, 1.54) is 16.7 Å². The molecule has 29 heavy (non-hydrogen) atoms. The fourth-order valence-electron chi connectivity index (χ4n) is 3.13. The van der Waals surface area contributed by atoms with Crippen LogP contribution in [0, 0.1) is 0 Å². The summed E-state index contributed by atoms with van der Waals surface area (Å²) in [5.74, 6) is 0.729. The molecule has 3 aromatic heterocycles. The number of hydrogen-bond acceptors (Lipinski definition) is 4. The van der Waals surface area contributed by atoms with Crippen LogP contribution in [0.2, 0.25) is 0 Å². The molecule has 0 bridgehead atoms. The van der Waals surface area contributed by atoms with E-state index in [4.69, 9.17) is 0 Å². The van der Waals surface area contributed by atoms with Crippen LogP contribution in [0.3, 0.4) is 0 Å². The highest BCUT2D eigenvalue weighted by atomic mass is 19.4. The van der Waals surface area contributed by atoms with E-state index in [2.05, 4.69) is 20.1 Å². The van der Waals surface area contributed by atoms with Crippen molar-refractivity contribution in [1.29, 1.82) is 0 Å². The van der Waals surface area contributed by atoms with Gasteiger partial charge in [0.25, 0.3) is 5.56 Å². The van der Waals surface area contributed by atoms with E-state index in [0.717, 1.165) is 12.1 Å². The minimum atomic E-state index is -4.43. The van der Waals surface area contributed by atoms with E-state index in [0.29, 0.717) is 29.9 Å². The van der Waals surface area contributed by atoms with Crippen molar-refractivity contribution in [2.75, 3.05) is 0 Å². The van der Waals surface area contributed by atoms with Crippen LogP contribution in [-0.4, -0.2) is 29.3 Å². The molecule has 0 saturated heterocycles. The van der Waals surface area contributed by atoms with Gasteiger partial charge in [-0.3, -0.25) is 14.0 Å². The molecular weight excluding hydrogens is 385 g/mol. The second kappa shape index (κ2) is 6.87. The molecule has 0 aliphatic rings. The molecule has 0 fully saturated rings. The molecule has 0 spiro atoms. The Kier molecular flexibility index (Phi) is 4.48. The first-order valence-corrected chi connectivity index (χ1v) is 8.95. The molecule has 4 aromatic rings. The molecule has 10 heteroatoms. The van der Waals surface area contributed by atoms with Gasteiger partial charge in [-0.25, -0.2) is 9.97 Å². The summed E-state index contributed by atoms with van der Waals surface area (Å²) in [5.41, 5.74) is 0.475. The van der Waals surface area contributed by atoms with Crippen molar-refractivity contribution in [2.24, 2.45) is 7.05 Å². The van der Waals surface area contributed by atoms with Gasteiger partial charge in [0, 0.05) is 25.4 Å². The van der Waals surface area contributed by atoms with E-state index < -0.39 is 11.7 Å². The smallest absolute Gasteiger partial charge is 0.332 e. The van der Waals surface area contributed by atoms with E-state index in [1.54, 1.807) is 24.1 Å². The summed E-state index contributed by atoms with van der Waals surface area (Å²) < 4.78 is 41.7. The normalized spacial score (nSPS) is 12.0. The number of H-pyrrole nitrogens is 1. The summed E-state index contributed by atoms with van der Waals surface area (Å²) in [6.45, 7) is 2.28. The predicted octanol–water partition coefficient (Wildman–Crippen LogP) is 3.62. The van der Waals surface area contributed by atoms with Gasteiger partial charge in [0.1, 0.15) is 11.6 Å². The SMILES string of the molecule is CCCn1c(-c2ccc(C(F)(F)F)cc2)nc2nc(-c3cnn(C)c3)[nH]c2c1=O. The molecule has 0 unspecified atom stereocenters. The highest BCUT2D eigenvalue weighted by Crippen LogP contribution is 2.31. The largest absolute Gasteiger partial charge is 0.416 e. The molecule has 150 valence electrons. The number of nitrogens with zero attached hydrogens (tertiary/aromatic N) is 5. The number of benzene rings is 1. The van der Waals surface area contributed by atoms with Gasteiger partial charge < -0.3 is 4.98 Å². The predicted molar refractivity (Wildman–Crippen MR) is 101 cm³/mol. The van der Waals surface area contributed by atoms with Gasteiger partial charge in [0.2, 0.25) is 0 Å². The van der Waals surface area contributed by atoms with Crippen molar-refractivity contribution in [2.45, 2.75) is 26.1 Å². The van der Waals surface area contributed by atoms with Gasteiger partial charge in [0.05, 0.1) is 17.3 Å². The van der Waals surface area contributed by atoms with Gasteiger partial charge in [-0.15, -0.1) is 0 Å². The molecule has 3 heterocycles. The number of alkyl halides is 3. The summed E-state index contributed by atoms with van der Waals surface area (Å²) in [4.78, 5) is 24.9. The lowest BCUT2D eigenvalue weighted by atomic mass is 10.1. The second-order valence-corrected chi connectivity index (χ2v) is 6.65. The molecular formula is C19H17F3N6O. The molecule has 0 atom stereocenters. The number of fused-ring (bicyclic) bond motifs is 1. The van der Waals surface area contributed by atoms with E-state index >= 15 is 0 Å². The first kappa shape index (κ1) is 18.9. The number of aromatic nitrogens is 6. The van der Waals surface area contributed by atoms with Crippen LogP contribution < -0.4 is 5.56 Å². The summed E-state index contributed by atoms with van der Waals surface area (Å²) in [6.07, 6.45) is -0.414. The van der Waals surface area contributed by atoms with Crippen LogP contribution in [0.4, 0.5) is 13.2 Å². The number of halogens is 3. The van der Waals surface area contributed by atoms with Crippen LogP contribution >= 0.6 is 0 Å². The van der Waals surface area contributed by atoms with Crippen LogP contribution in [0.1, 0.15) is 18.9 Å². The molecule has 0 aliphatic carbocycles. The Hall–Kier alpha value is -3.43. The topological polar surface area (TPSA) is 81.4 Å². The third-order valence-electron chi connectivity index (χ3n) is 4.51. The lowest BCUT2D eigenvalue weighted by molar-refractivity contribution is -0.137. The van der Waals surface area contributed by atoms with Crippen LogP contribution in [0.25, 0.3) is 33.9 Å². The number of nitrogens with one attached hydrogen (secondary N) is 1. The first-order chi connectivity index (χ1) is 13.8. The van der Waals surface area contributed by atoms with E-state index in [9.17, 15) is 18.0 Å². The number of aromatic amines is 1. The van der Waals surface area contributed by atoms with E-state index in [-0.39, 0.29) is 22.5 Å². The highest BCUT2D eigenvalue weighted by Gasteiger charge is 2.30. The Morgan fingerprint density at radius 1 is 1.10 bits per heavy atom. The molecule has 1 aromatic carbocycles. The molecule has 0 amide bonds. The minimum absolute atomic E-state index is 0.205. The van der Waals surface area contributed by atoms with Gasteiger partial charge in [-0.2, -0.15) is 18.3 Å². The van der Waals surface area contributed by atoms with Crippen LogP contribution in [0.15, 0.2) is 41.5 Å². The maximum absolute atomic E-state index is 13.0. The van der Waals surface area contributed by atoms with Crippen molar-refractivity contribution in [1.82, 2.24) is 29.3 Å². The standard InChI is InChI=1S/C19H17F3N6O/c1-3-8-28-17(11-4-6-13(7-5-11)19(20,21)22)26-16-14(18(28)29)24-15(25-16)12-9-23-27(2)10-12/h4-7,9-10H,3,8H2,1-2H3,(H,24,25). The summed E-state index contributed by atoms with van der Waals surface area (Å²) in [5, 5.41) is 4.09. The van der Waals surface area contributed by atoms with Crippen molar-refractivity contribution in [3.05, 3.63) is 52.6 Å². The second-order valence-electron chi connectivity index (χ2n) is 6.65. The third-order valence-corrected chi connectivity index (χ3v) is 4.51. The third kappa shape index (κ3) is 3.41. The highest BCUT2D eigenvalue weighted by molar-refractivity contribution is 5.77. The molecule has 0 radical (unpaired) electrons. The minimum Gasteiger partial charge on any atom is -0.332 e. The summed E-state index contributed by atoms with van der Waals surface area (Å²) in [7, 11) is 1.77. The molecule has 0 saturated carbocycles. The van der Waals surface area contributed by atoms with Crippen molar-refractivity contribution in [3.63, 3.8) is 0 Å². The quantitative estimate of drug-likeness (QED) is 0.565. The van der Waals surface area contributed by atoms with E-state index in [1.807, 2.05) is 6.92 Å². The fourth-order valence-corrected chi connectivity index (χ4v) is 3.13. The summed E-state index contributed by atoms with van der Waals surface area (Å²) in [6, 6.07) is 4.59. The number of aryl methyl sites for hydroxylation is 1. The molecule has 7 nitrogen and oxygen atoms in total. The monoisotopic (exact) mass is 402 g/mol. The number of rotatable bonds is 4. The van der Waals surface area contributed by atoms with Crippen LogP contribution in [-0.2, 0) is 19.8 Å². The van der Waals surface area contributed by atoms with Crippen molar-refractivity contribution < 1.29 is 13.2 Å². The maximum Gasteiger partial charge on any atom is 0.416 e. The maximum atomic E-state index is 13.0. The fraction of sp³-hybridized carbons (Fsp3) is 0.263. The first-order valence-electron chi connectivity index (χ1n) is 8.95. The Balaban J connectivity index is 1.88. The number of hydrogen-bond donors (Lipinski definition) is 1. The average molecular weight is 402 g/mol. The molecule has 1 N–H and O–H groups in total. The Morgan fingerprint density at radius 2 is 1.83 bits per heavy atom. The number of imidazole rings is 1. The van der Waals surface area contributed by atoms with Gasteiger partial charge >= 0.3 is 6.18 Å². The van der Waals surface area contributed by atoms with Gasteiger partial charge in [-0.1, -0.05) is 19.1 Å². The Bertz CT molecular complexity index is 1230. The Morgan fingerprint density at radius 3 is 2.41 bits per heavy atom. The van der Waals surface area contributed by atoms with Crippen molar-refractivity contribution >= 4 is 11.2 Å². The van der Waals surface area contributed by atoms with Crippen molar-refractivity contribution in [3.8, 4) is 22.8 Å². The zero-order valence-corrected chi connectivity index (χ0v) is 15.7. The zero-order valence-electron chi connectivity index (χ0n) is 15.7.